The maximum Gasteiger partial charge on any atom is 0.163 e. The van der Waals surface area contributed by atoms with Crippen LogP contribution in [-0.4, -0.2) is 11.6 Å². The lowest BCUT2D eigenvalue weighted by atomic mass is 9.81. The molecule has 0 aliphatic heterocycles. The molecule has 2 aromatic rings. The van der Waals surface area contributed by atoms with Crippen LogP contribution >= 0.6 is 0 Å². The standard InChI is InChI=1S/C25H28O2/c1-3-18-15-21(16-24(26)19-11-7-5-8-12-19)23(22(18)4-2)17-25(27)20-13-9-6-10-14-20/h5-14,21,23H,3-4,15-17H2,1-2H3/t21-,23-/m1/s1. The van der Waals surface area contributed by atoms with Crippen molar-refractivity contribution in [1.29, 1.82) is 0 Å². The van der Waals surface area contributed by atoms with Crippen LogP contribution in [0.4, 0.5) is 0 Å². The molecule has 2 heteroatoms. The van der Waals surface area contributed by atoms with E-state index in [0.717, 1.165) is 30.4 Å². The van der Waals surface area contributed by atoms with E-state index in [-0.39, 0.29) is 23.4 Å². The van der Waals surface area contributed by atoms with Gasteiger partial charge in [-0.25, -0.2) is 0 Å². The Hall–Kier alpha value is -2.48. The summed E-state index contributed by atoms with van der Waals surface area (Å²) >= 11 is 0. The molecule has 0 N–H and O–H groups in total. The number of allylic oxidation sites excluding steroid dienone is 2. The van der Waals surface area contributed by atoms with Gasteiger partial charge in [0.25, 0.3) is 0 Å². The Bertz CT molecular complexity index is 818. The van der Waals surface area contributed by atoms with Gasteiger partial charge in [-0.15, -0.1) is 0 Å². The summed E-state index contributed by atoms with van der Waals surface area (Å²) in [7, 11) is 0. The molecule has 27 heavy (non-hydrogen) atoms. The van der Waals surface area contributed by atoms with Gasteiger partial charge >= 0.3 is 0 Å². The minimum atomic E-state index is 0.182. The van der Waals surface area contributed by atoms with Crippen molar-refractivity contribution in [2.24, 2.45) is 11.8 Å². The van der Waals surface area contributed by atoms with E-state index in [4.69, 9.17) is 0 Å². The van der Waals surface area contributed by atoms with Crippen molar-refractivity contribution in [2.75, 3.05) is 0 Å². The third-order valence-corrected chi connectivity index (χ3v) is 5.83. The van der Waals surface area contributed by atoms with Crippen LogP contribution in [0, 0.1) is 11.8 Å². The number of rotatable bonds is 8. The highest BCUT2D eigenvalue weighted by molar-refractivity contribution is 5.97. The first-order valence-corrected chi connectivity index (χ1v) is 10.0. The van der Waals surface area contributed by atoms with Gasteiger partial charge in [-0.05, 0) is 31.1 Å². The second kappa shape index (κ2) is 8.94. The lowest BCUT2D eigenvalue weighted by Crippen LogP contribution is -2.19. The van der Waals surface area contributed by atoms with Crippen LogP contribution in [-0.2, 0) is 0 Å². The number of hydrogen-bond donors (Lipinski definition) is 0. The number of Topliss-reactive ketones (excluding diaryl/α,β-unsaturated/α-hetero) is 2. The molecule has 0 spiro atoms. The average Bonchev–Trinajstić information content (AvgIpc) is 3.05. The van der Waals surface area contributed by atoms with Crippen LogP contribution in [0.15, 0.2) is 71.8 Å². The van der Waals surface area contributed by atoms with Crippen molar-refractivity contribution in [3.05, 3.63) is 82.9 Å². The van der Waals surface area contributed by atoms with Crippen molar-refractivity contribution in [1.82, 2.24) is 0 Å². The highest BCUT2D eigenvalue weighted by atomic mass is 16.1. The van der Waals surface area contributed by atoms with Gasteiger partial charge < -0.3 is 0 Å². The van der Waals surface area contributed by atoms with Crippen LogP contribution in [0.3, 0.4) is 0 Å². The number of carbonyl (C=O) groups is 2. The molecule has 2 aromatic carbocycles. The number of hydrogen-bond acceptors (Lipinski definition) is 2. The Balaban J connectivity index is 1.80. The highest BCUT2D eigenvalue weighted by Gasteiger charge is 2.35. The summed E-state index contributed by atoms with van der Waals surface area (Å²) in [5.41, 5.74) is 4.40. The van der Waals surface area contributed by atoms with Crippen molar-refractivity contribution >= 4 is 11.6 Å². The molecule has 2 atom stereocenters. The first-order chi connectivity index (χ1) is 13.1. The zero-order valence-electron chi connectivity index (χ0n) is 16.3. The first kappa shape index (κ1) is 19.3. The third kappa shape index (κ3) is 4.44. The van der Waals surface area contributed by atoms with Crippen LogP contribution in [0.2, 0.25) is 0 Å². The maximum absolute atomic E-state index is 12.9. The molecule has 140 valence electrons. The fourth-order valence-corrected chi connectivity index (χ4v) is 4.45. The quantitative estimate of drug-likeness (QED) is 0.410. The fraction of sp³-hybridized carbons (Fsp3) is 0.360. The molecule has 0 aromatic heterocycles. The predicted molar refractivity (Wildman–Crippen MR) is 110 cm³/mol. The lowest BCUT2D eigenvalue weighted by Gasteiger charge is -2.22. The molecule has 3 rings (SSSR count). The minimum Gasteiger partial charge on any atom is -0.294 e. The molecule has 1 aliphatic rings. The van der Waals surface area contributed by atoms with E-state index in [0.29, 0.717) is 12.8 Å². The van der Waals surface area contributed by atoms with E-state index >= 15 is 0 Å². The first-order valence-electron chi connectivity index (χ1n) is 10.0. The molecule has 0 saturated carbocycles. The molecule has 0 unspecified atom stereocenters. The minimum absolute atomic E-state index is 0.182. The molecule has 0 fully saturated rings. The summed E-state index contributed by atoms with van der Waals surface area (Å²) in [6, 6.07) is 19.0. The van der Waals surface area contributed by atoms with E-state index in [1.807, 2.05) is 60.7 Å². The summed E-state index contributed by atoms with van der Waals surface area (Å²) < 4.78 is 0. The average molecular weight is 360 g/mol. The Morgan fingerprint density at radius 1 is 0.778 bits per heavy atom. The molecule has 0 saturated heterocycles. The van der Waals surface area contributed by atoms with E-state index in [9.17, 15) is 9.59 Å². The highest BCUT2D eigenvalue weighted by Crippen LogP contribution is 2.44. The van der Waals surface area contributed by atoms with E-state index in [1.165, 1.54) is 11.1 Å². The van der Waals surface area contributed by atoms with Gasteiger partial charge in [0.05, 0.1) is 0 Å². The van der Waals surface area contributed by atoms with E-state index in [1.54, 1.807) is 0 Å². The zero-order chi connectivity index (χ0) is 19.2. The number of ketones is 2. The Kier molecular flexibility index (Phi) is 6.39. The van der Waals surface area contributed by atoms with Crippen LogP contribution < -0.4 is 0 Å². The van der Waals surface area contributed by atoms with Crippen LogP contribution in [0.5, 0.6) is 0 Å². The SMILES string of the molecule is CCC1=C(CC)[C@H](CC(=O)c2ccccc2)[C@@H](CC(=O)c2ccccc2)C1. The van der Waals surface area contributed by atoms with Gasteiger partial charge in [0.2, 0.25) is 0 Å². The fourth-order valence-electron chi connectivity index (χ4n) is 4.45. The molecular formula is C25H28O2. The number of benzene rings is 2. The van der Waals surface area contributed by atoms with Gasteiger partial charge in [0.15, 0.2) is 11.6 Å². The number of carbonyl (C=O) groups excluding carboxylic acids is 2. The summed E-state index contributed by atoms with van der Waals surface area (Å²) in [5.74, 6) is 0.784. The van der Waals surface area contributed by atoms with Crippen molar-refractivity contribution in [3.63, 3.8) is 0 Å². The summed E-state index contributed by atoms with van der Waals surface area (Å²) in [5, 5.41) is 0. The summed E-state index contributed by atoms with van der Waals surface area (Å²) in [6.07, 6.45) is 3.94. The smallest absolute Gasteiger partial charge is 0.163 e. The molecule has 2 nitrogen and oxygen atoms in total. The third-order valence-electron chi connectivity index (χ3n) is 5.83. The molecule has 0 amide bonds. The zero-order valence-corrected chi connectivity index (χ0v) is 16.3. The predicted octanol–water partition coefficient (Wildman–Crippen LogP) is 6.29. The van der Waals surface area contributed by atoms with Gasteiger partial charge in [-0.3, -0.25) is 9.59 Å². The van der Waals surface area contributed by atoms with Gasteiger partial charge in [-0.2, -0.15) is 0 Å². The monoisotopic (exact) mass is 360 g/mol. The second-order valence-corrected chi connectivity index (χ2v) is 7.39. The molecule has 0 bridgehead atoms. The van der Waals surface area contributed by atoms with Gasteiger partial charge in [0, 0.05) is 24.0 Å². The molecule has 1 aliphatic carbocycles. The van der Waals surface area contributed by atoms with E-state index in [2.05, 4.69) is 13.8 Å². The van der Waals surface area contributed by atoms with Gasteiger partial charge in [0.1, 0.15) is 0 Å². The molecule has 0 heterocycles. The topological polar surface area (TPSA) is 34.1 Å². The molecule has 0 radical (unpaired) electrons. The Morgan fingerprint density at radius 2 is 1.30 bits per heavy atom. The van der Waals surface area contributed by atoms with Crippen LogP contribution in [0.1, 0.15) is 66.7 Å². The maximum atomic E-state index is 12.9. The van der Waals surface area contributed by atoms with Gasteiger partial charge in [-0.1, -0.05) is 85.7 Å². The normalized spacial score (nSPS) is 19.3. The van der Waals surface area contributed by atoms with Crippen molar-refractivity contribution in [2.45, 2.75) is 46.0 Å². The largest absolute Gasteiger partial charge is 0.294 e. The Labute approximate surface area is 162 Å². The molecular weight excluding hydrogens is 332 g/mol. The summed E-state index contributed by atoms with van der Waals surface area (Å²) in [6.45, 7) is 4.36. The summed E-state index contributed by atoms with van der Waals surface area (Å²) in [4.78, 5) is 25.6. The van der Waals surface area contributed by atoms with E-state index < -0.39 is 0 Å². The van der Waals surface area contributed by atoms with Crippen molar-refractivity contribution < 1.29 is 9.59 Å². The Morgan fingerprint density at radius 3 is 1.78 bits per heavy atom. The van der Waals surface area contributed by atoms with Crippen molar-refractivity contribution in [3.8, 4) is 0 Å². The van der Waals surface area contributed by atoms with Crippen LogP contribution in [0.25, 0.3) is 0 Å². The second-order valence-electron chi connectivity index (χ2n) is 7.39. The lowest BCUT2D eigenvalue weighted by molar-refractivity contribution is 0.0910.